The van der Waals surface area contributed by atoms with E-state index in [2.05, 4.69) is 4.72 Å². The lowest BCUT2D eigenvalue weighted by molar-refractivity contribution is -0.157. The van der Waals surface area contributed by atoms with Gasteiger partial charge in [-0.25, -0.2) is 17.5 Å². The lowest BCUT2D eigenvalue weighted by atomic mass is 9.66. The van der Waals surface area contributed by atoms with Crippen LogP contribution in [0.3, 0.4) is 0 Å². The molecule has 0 aromatic heterocycles. The summed E-state index contributed by atoms with van der Waals surface area (Å²) in [6.45, 7) is -0.215. The Morgan fingerprint density at radius 2 is 1.85 bits per heavy atom. The molecule has 2 aromatic carbocycles. The third-order valence-corrected chi connectivity index (χ3v) is 8.31. The molecule has 0 radical (unpaired) electrons. The van der Waals surface area contributed by atoms with E-state index in [4.69, 9.17) is 0 Å². The van der Waals surface area contributed by atoms with Crippen molar-refractivity contribution in [2.75, 3.05) is 12.9 Å². The van der Waals surface area contributed by atoms with E-state index in [0.29, 0.717) is 24.0 Å². The molecule has 8 heteroatoms. The van der Waals surface area contributed by atoms with Gasteiger partial charge in [-0.1, -0.05) is 48.5 Å². The van der Waals surface area contributed by atoms with Crippen LogP contribution in [0.2, 0.25) is 0 Å². The first-order valence-corrected chi connectivity index (χ1v) is 13.4. The van der Waals surface area contributed by atoms with Crippen molar-refractivity contribution in [3.8, 4) is 11.1 Å². The minimum Gasteiger partial charge on any atom is -0.395 e. The fourth-order valence-electron chi connectivity index (χ4n) is 5.54. The number of fused-ring (bicyclic) bond motifs is 2. The summed E-state index contributed by atoms with van der Waals surface area (Å²) >= 11 is 0. The monoisotopic (exact) mass is 472 g/mol. The Morgan fingerprint density at radius 1 is 1.15 bits per heavy atom. The molecule has 2 atom stereocenters. The van der Waals surface area contributed by atoms with Gasteiger partial charge in [0.15, 0.2) is 0 Å². The number of aliphatic hydroxyl groups excluding tert-OH is 1. The van der Waals surface area contributed by atoms with E-state index in [9.17, 15) is 18.3 Å². The molecule has 0 unspecified atom stereocenters. The van der Waals surface area contributed by atoms with Crippen LogP contribution in [0, 0.1) is 17.2 Å². The molecule has 4 aliphatic rings. The van der Waals surface area contributed by atoms with Crippen LogP contribution in [0.1, 0.15) is 31.2 Å². The zero-order valence-corrected chi connectivity index (χ0v) is 19.4. The SMILES string of the molecule is CS(=O)(=O)N[C@H]1C2CC(C2)N(C(=O)C2(CO)CC2)[C@H]1Cc1cccc(-c2ccccc2)c1F. The molecule has 176 valence electrons. The highest BCUT2D eigenvalue weighted by Crippen LogP contribution is 2.52. The minimum atomic E-state index is -3.52. The van der Waals surface area contributed by atoms with Gasteiger partial charge in [-0.05, 0) is 49.1 Å². The van der Waals surface area contributed by atoms with Crippen molar-refractivity contribution >= 4 is 15.9 Å². The van der Waals surface area contributed by atoms with Crippen molar-refractivity contribution in [2.45, 2.75) is 50.2 Å². The van der Waals surface area contributed by atoms with Crippen LogP contribution in [0.25, 0.3) is 11.1 Å². The Morgan fingerprint density at radius 3 is 2.45 bits per heavy atom. The molecule has 33 heavy (non-hydrogen) atoms. The van der Waals surface area contributed by atoms with E-state index in [1.807, 2.05) is 30.3 Å². The second-order valence-electron chi connectivity index (χ2n) is 9.87. The standard InChI is InChI=1S/C25H29FN2O4S/c1-33(31,32)27-23-18-12-19(13-18)28(24(30)25(15-29)10-11-25)21(23)14-17-8-5-9-20(22(17)26)16-6-3-2-4-7-16/h2-9,18-19,21,23,27,29H,10-15H2,1H3/t18?,19?,21-,23-/m0/s1. The second kappa shape index (κ2) is 8.18. The number of carbonyl (C=O) groups is 1. The Kier molecular flexibility index (Phi) is 5.58. The number of nitrogens with one attached hydrogen (secondary N) is 1. The first kappa shape index (κ1) is 22.5. The number of rotatable bonds is 7. The maximum atomic E-state index is 15.6. The first-order chi connectivity index (χ1) is 15.7. The summed E-state index contributed by atoms with van der Waals surface area (Å²) < 4.78 is 42.8. The summed E-state index contributed by atoms with van der Waals surface area (Å²) in [4.78, 5) is 15.3. The van der Waals surface area contributed by atoms with E-state index >= 15 is 4.39 Å². The lowest BCUT2D eigenvalue weighted by Crippen LogP contribution is -2.71. The smallest absolute Gasteiger partial charge is 0.231 e. The van der Waals surface area contributed by atoms with E-state index in [1.165, 1.54) is 0 Å². The average molecular weight is 473 g/mol. The predicted octanol–water partition coefficient (Wildman–Crippen LogP) is 2.71. The number of sulfonamides is 1. The molecule has 2 saturated carbocycles. The van der Waals surface area contributed by atoms with Crippen LogP contribution in [-0.2, 0) is 21.2 Å². The molecule has 2 aliphatic carbocycles. The molecular weight excluding hydrogens is 443 g/mol. The van der Waals surface area contributed by atoms with Crippen molar-refractivity contribution in [2.24, 2.45) is 11.3 Å². The van der Waals surface area contributed by atoms with Crippen LogP contribution in [-0.4, -0.2) is 55.3 Å². The van der Waals surface area contributed by atoms with Gasteiger partial charge in [0.2, 0.25) is 15.9 Å². The number of aliphatic hydroxyl groups is 1. The third-order valence-electron chi connectivity index (χ3n) is 7.61. The zero-order valence-electron chi connectivity index (χ0n) is 18.6. The molecule has 2 aliphatic heterocycles. The molecule has 2 heterocycles. The van der Waals surface area contributed by atoms with E-state index < -0.39 is 27.5 Å². The van der Waals surface area contributed by atoms with Crippen molar-refractivity contribution in [3.05, 3.63) is 59.9 Å². The molecule has 0 spiro atoms. The number of amides is 1. The normalized spacial score (nSPS) is 27.7. The molecule has 6 nitrogen and oxygen atoms in total. The summed E-state index contributed by atoms with van der Waals surface area (Å²) in [6, 6.07) is 13.5. The molecule has 4 fully saturated rings. The number of hydrogen-bond donors (Lipinski definition) is 2. The third kappa shape index (κ3) is 4.09. The fourth-order valence-corrected chi connectivity index (χ4v) is 6.38. The zero-order chi connectivity index (χ0) is 23.4. The highest BCUT2D eigenvalue weighted by Gasteiger charge is 2.59. The number of nitrogens with zero attached hydrogens (tertiary/aromatic N) is 1. The van der Waals surface area contributed by atoms with Gasteiger partial charge in [-0.3, -0.25) is 4.79 Å². The number of hydrogen-bond acceptors (Lipinski definition) is 4. The predicted molar refractivity (Wildman–Crippen MR) is 123 cm³/mol. The van der Waals surface area contributed by atoms with E-state index in [-0.39, 0.29) is 36.7 Å². The Hall–Kier alpha value is -2.29. The van der Waals surface area contributed by atoms with Crippen LogP contribution in [0.15, 0.2) is 48.5 Å². The molecule has 6 rings (SSSR count). The molecule has 2 N–H and O–H groups in total. The summed E-state index contributed by atoms with van der Waals surface area (Å²) in [5, 5.41) is 9.87. The van der Waals surface area contributed by atoms with Gasteiger partial charge in [-0.2, -0.15) is 0 Å². The maximum absolute atomic E-state index is 15.6. The molecule has 1 amide bonds. The van der Waals surface area contributed by atoms with Gasteiger partial charge < -0.3 is 10.0 Å². The van der Waals surface area contributed by atoms with Crippen molar-refractivity contribution < 1.29 is 22.7 Å². The molecular formula is C25H29FN2O4S. The number of benzene rings is 2. The summed E-state index contributed by atoms with van der Waals surface area (Å²) in [6.07, 6.45) is 4.04. The summed E-state index contributed by atoms with van der Waals surface area (Å²) in [5.41, 5.74) is 0.934. The Bertz CT molecular complexity index is 1160. The molecule has 2 saturated heterocycles. The largest absolute Gasteiger partial charge is 0.395 e. The van der Waals surface area contributed by atoms with Gasteiger partial charge in [0.25, 0.3) is 0 Å². The highest BCUT2D eigenvalue weighted by atomic mass is 32.2. The van der Waals surface area contributed by atoms with Crippen LogP contribution in [0.4, 0.5) is 4.39 Å². The van der Waals surface area contributed by atoms with Gasteiger partial charge in [-0.15, -0.1) is 0 Å². The van der Waals surface area contributed by atoms with Gasteiger partial charge in [0.1, 0.15) is 5.82 Å². The summed E-state index contributed by atoms with van der Waals surface area (Å²) in [5.74, 6) is -0.363. The van der Waals surface area contributed by atoms with Crippen molar-refractivity contribution in [1.82, 2.24) is 9.62 Å². The van der Waals surface area contributed by atoms with Crippen LogP contribution < -0.4 is 4.72 Å². The molecule has 2 bridgehead atoms. The van der Waals surface area contributed by atoms with Gasteiger partial charge in [0, 0.05) is 17.6 Å². The number of carbonyl (C=O) groups excluding carboxylic acids is 1. The van der Waals surface area contributed by atoms with Crippen LogP contribution in [0.5, 0.6) is 0 Å². The quantitative estimate of drug-likeness (QED) is 0.649. The highest BCUT2D eigenvalue weighted by molar-refractivity contribution is 7.88. The van der Waals surface area contributed by atoms with Crippen molar-refractivity contribution in [3.63, 3.8) is 0 Å². The fraction of sp³-hybridized carbons (Fsp3) is 0.480. The van der Waals surface area contributed by atoms with E-state index in [1.54, 1.807) is 23.1 Å². The minimum absolute atomic E-state index is 0.00880. The second-order valence-corrected chi connectivity index (χ2v) is 11.6. The topological polar surface area (TPSA) is 86.7 Å². The molecule has 2 aromatic rings. The number of halogens is 1. The van der Waals surface area contributed by atoms with E-state index in [0.717, 1.165) is 24.7 Å². The summed E-state index contributed by atoms with van der Waals surface area (Å²) in [7, 11) is -3.52. The maximum Gasteiger partial charge on any atom is 0.231 e. The Labute approximate surface area is 193 Å². The Balaban J connectivity index is 1.52. The van der Waals surface area contributed by atoms with Crippen molar-refractivity contribution in [1.29, 1.82) is 0 Å². The van der Waals surface area contributed by atoms with Crippen LogP contribution >= 0.6 is 0 Å². The lowest BCUT2D eigenvalue weighted by Gasteiger charge is -2.58. The van der Waals surface area contributed by atoms with Gasteiger partial charge >= 0.3 is 0 Å². The van der Waals surface area contributed by atoms with Gasteiger partial charge in [0.05, 0.1) is 24.3 Å². The number of piperidine rings is 2. The first-order valence-electron chi connectivity index (χ1n) is 11.5. The average Bonchev–Trinajstić information content (AvgIpc) is 3.55.